The molecule has 2 aromatic rings. The highest BCUT2D eigenvalue weighted by Crippen LogP contribution is 2.20. The largest absolute Gasteiger partial charge is 0.478 e. The van der Waals surface area contributed by atoms with Gasteiger partial charge in [0.05, 0.1) is 17.8 Å². The summed E-state index contributed by atoms with van der Waals surface area (Å²) in [7, 11) is 0. The van der Waals surface area contributed by atoms with E-state index in [1.807, 2.05) is 19.9 Å². The normalized spacial score (nSPS) is 10.4. The number of nitrogens with zero attached hydrogens (tertiary/aromatic N) is 1. The van der Waals surface area contributed by atoms with Gasteiger partial charge < -0.3 is 10.4 Å². The van der Waals surface area contributed by atoms with Crippen LogP contribution in [0.3, 0.4) is 0 Å². The Morgan fingerprint density at radius 1 is 1.29 bits per heavy atom. The molecule has 21 heavy (non-hydrogen) atoms. The van der Waals surface area contributed by atoms with Gasteiger partial charge in [-0.05, 0) is 44.5 Å². The van der Waals surface area contributed by atoms with E-state index in [0.717, 1.165) is 4.88 Å². The molecule has 0 aliphatic carbocycles. The molecule has 0 atom stereocenters. The Kier molecular flexibility index (Phi) is 4.37. The summed E-state index contributed by atoms with van der Waals surface area (Å²) >= 11 is 1.65. The molecule has 1 amide bonds. The number of carbonyl (C=O) groups is 2. The first-order valence-corrected chi connectivity index (χ1v) is 7.25. The van der Waals surface area contributed by atoms with E-state index >= 15 is 0 Å². The summed E-state index contributed by atoms with van der Waals surface area (Å²) in [5, 5.41) is 11.7. The molecule has 0 saturated carbocycles. The minimum absolute atomic E-state index is 0.107. The zero-order chi connectivity index (χ0) is 15.6. The van der Waals surface area contributed by atoms with Gasteiger partial charge in [0.2, 0.25) is 0 Å². The maximum atomic E-state index is 12.0. The van der Waals surface area contributed by atoms with Gasteiger partial charge in [0.15, 0.2) is 0 Å². The molecule has 0 radical (unpaired) electrons. The first-order chi connectivity index (χ1) is 9.88. The summed E-state index contributed by atoms with van der Waals surface area (Å²) in [6.45, 7) is 6.10. The van der Waals surface area contributed by atoms with Crippen LogP contribution >= 0.6 is 11.3 Å². The van der Waals surface area contributed by atoms with Gasteiger partial charge in [0.25, 0.3) is 5.91 Å². The fraction of sp³-hybridized carbons (Fsp3) is 0.267. The van der Waals surface area contributed by atoms with Crippen LogP contribution in [-0.4, -0.2) is 22.0 Å². The second kappa shape index (κ2) is 6.05. The lowest BCUT2D eigenvalue weighted by atomic mass is 10.2. The number of aromatic nitrogens is 1. The van der Waals surface area contributed by atoms with Crippen molar-refractivity contribution in [2.75, 3.05) is 0 Å². The van der Waals surface area contributed by atoms with Crippen LogP contribution in [0.15, 0.2) is 18.2 Å². The van der Waals surface area contributed by atoms with Crippen molar-refractivity contribution in [3.05, 3.63) is 50.5 Å². The molecular weight excluding hydrogens is 288 g/mol. The maximum absolute atomic E-state index is 12.0. The van der Waals surface area contributed by atoms with Crippen molar-refractivity contribution in [2.45, 2.75) is 27.3 Å². The molecule has 110 valence electrons. The summed E-state index contributed by atoms with van der Waals surface area (Å²) in [5.74, 6) is -1.35. The van der Waals surface area contributed by atoms with Gasteiger partial charge in [-0.15, -0.1) is 11.3 Å². The van der Waals surface area contributed by atoms with Crippen molar-refractivity contribution in [2.24, 2.45) is 0 Å². The third-order valence-electron chi connectivity index (χ3n) is 3.19. The summed E-state index contributed by atoms with van der Waals surface area (Å²) < 4.78 is 0. The van der Waals surface area contributed by atoms with Crippen molar-refractivity contribution in [1.82, 2.24) is 10.3 Å². The number of carboxylic acid groups (broad SMARTS) is 1. The third kappa shape index (κ3) is 3.46. The average Bonchev–Trinajstić information content (AvgIpc) is 2.74. The van der Waals surface area contributed by atoms with E-state index < -0.39 is 5.97 Å². The average molecular weight is 304 g/mol. The number of carbonyl (C=O) groups excluding carboxylic acids is 1. The second-order valence-electron chi connectivity index (χ2n) is 4.77. The summed E-state index contributed by atoms with van der Waals surface area (Å²) in [6, 6.07) is 4.88. The molecule has 0 aliphatic heterocycles. The topological polar surface area (TPSA) is 79.3 Å². The van der Waals surface area contributed by atoms with Gasteiger partial charge in [-0.1, -0.05) is 0 Å². The number of thiophene rings is 1. The molecule has 0 saturated heterocycles. The van der Waals surface area contributed by atoms with Crippen LogP contribution < -0.4 is 5.32 Å². The van der Waals surface area contributed by atoms with Gasteiger partial charge >= 0.3 is 5.97 Å². The zero-order valence-electron chi connectivity index (χ0n) is 12.1. The van der Waals surface area contributed by atoms with Crippen LogP contribution in [0.2, 0.25) is 0 Å². The molecule has 0 aromatic carbocycles. The van der Waals surface area contributed by atoms with Gasteiger partial charge in [0.1, 0.15) is 5.69 Å². The van der Waals surface area contributed by atoms with Gasteiger partial charge in [-0.25, -0.2) is 9.78 Å². The van der Waals surface area contributed by atoms with Gasteiger partial charge in [-0.3, -0.25) is 4.79 Å². The quantitative estimate of drug-likeness (QED) is 0.910. The summed E-state index contributed by atoms with van der Waals surface area (Å²) in [4.78, 5) is 29.3. The predicted octanol–water partition coefficient (Wildman–Crippen LogP) is 2.70. The molecule has 2 N–H and O–H groups in total. The predicted molar refractivity (Wildman–Crippen MR) is 80.9 cm³/mol. The Balaban J connectivity index is 2.06. The summed E-state index contributed by atoms with van der Waals surface area (Å²) in [5.41, 5.74) is 1.88. The van der Waals surface area contributed by atoms with E-state index in [4.69, 9.17) is 5.11 Å². The molecular formula is C15H16N2O3S. The lowest BCUT2D eigenvalue weighted by Gasteiger charge is -2.05. The van der Waals surface area contributed by atoms with Gasteiger partial charge in [-0.2, -0.15) is 0 Å². The number of hydrogen-bond donors (Lipinski definition) is 2. The number of rotatable bonds is 4. The van der Waals surface area contributed by atoms with E-state index in [1.165, 1.54) is 22.6 Å². The summed E-state index contributed by atoms with van der Waals surface area (Å²) in [6.07, 6.45) is 0. The molecule has 0 spiro atoms. The second-order valence-corrected chi connectivity index (χ2v) is 6.11. The molecule has 2 heterocycles. The molecule has 0 aliphatic rings. The smallest absolute Gasteiger partial charge is 0.337 e. The van der Waals surface area contributed by atoms with Crippen LogP contribution in [0.1, 0.15) is 41.9 Å². The fourth-order valence-corrected chi connectivity index (χ4v) is 2.90. The number of hydrogen-bond acceptors (Lipinski definition) is 4. The minimum Gasteiger partial charge on any atom is -0.478 e. The number of aromatic carboxylic acids is 1. The Morgan fingerprint density at radius 3 is 2.52 bits per heavy atom. The Bertz CT molecular complexity index is 687. The third-order valence-corrected chi connectivity index (χ3v) is 4.34. The lowest BCUT2D eigenvalue weighted by molar-refractivity contribution is 0.0694. The standard InChI is InChI=1S/C15H16N2O3S/c1-8-6-11(21-10(8)3)7-16-14(18)13-5-4-12(15(19)20)9(2)17-13/h4-6H,7H2,1-3H3,(H,16,18)(H,19,20). The first kappa shape index (κ1) is 15.2. The van der Waals surface area contributed by atoms with Crippen molar-refractivity contribution >= 4 is 23.2 Å². The Morgan fingerprint density at radius 2 is 2.00 bits per heavy atom. The van der Waals surface area contributed by atoms with E-state index in [1.54, 1.807) is 18.3 Å². The number of aryl methyl sites for hydroxylation is 3. The van der Waals surface area contributed by atoms with Gasteiger partial charge in [0, 0.05) is 9.75 Å². The van der Waals surface area contributed by atoms with Crippen LogP contribution in [0, 0.1) is 20.8 Å². The first-order valence-electron chi connectivity index (χ1n) is 6.43. The molecule has 2 aromatic heterocycles. The van der Waals surface area contributed by atoms with E-state index in [0.29, 0.717) is 12.2 Å². The Labute approximate surface area is 126 Å². The number of carboxylic acids is 1. The fourth-order valence-electron chi connectivity index (χ4n) is 1.91. The molecule has 0 bridgehead atoms. The highest BCUT2D eigenvalue weighted by atomic mass is 32.1. The molecule has 5 nitrogen and oxygen atoms in total. The molecule has 2 rings (SSSR count). The number of nitrogens with one attached hydrogen (secondary N) is 1. The minimum atomic E-state index is -1.04. The van der Waals surface area contributed by atoms with Crippen LogP contribution in [0.4, 0.5) is 0 Å². The van der Waals surface area contributed by atoms with E-state index in [9.17, 15) is 9.59 Å². The molecule has 0 fully saturated rings. The Hall–Kier alpha value is -2.21. The van der Waals surface area contributed by atoms with Crippen LogP contribution in [-0.2, 0) is 6.54 Å². The molecule has 6 heteroatoms. The zero-order valence-corrected chi connectivity index (χ0v) is 12.9. The van der Waals surface area contributed by atoms with Crippen molar-refractivity contribution in [3.8, 4) is 0 Å². The van der Waals surface area contributed by atoms with Crippen LogP contribution in [0.5, 0.6) is 0 Å². The molecule has 0 unspecified atom stereocenters. The van der Waals surface area contributed by atoms with Crippen molar-refractivity contribution < 1.29 is 14.7 Å². The van der Waals surface area contributed by atoms with E-state index in [2.05, 4.69) is 10.3 Å². The van der Waals surface area contributed by atoms with E-state index in [-0.39, 0.29) is 17.2 Å². The number of amides is 1. The monoisotopic (exact) mass is 304 g/mol. The lowest BCUT2D eigenvalue weighted by Crippen LogP contribution is -2.24. The number of pyridine rings is 1. The highest BCUT2D eigenvalue weighted by Gasteiger charge is 2.13. The van der Waals surface area contributed by atoms with Crippen molar-refractivity contribution in [1.29, 1.82) is 0 Å². The maximum Gasteiger partial charge on any atom is 0.337 e. The van der Waals surface area contributed by atoms with Crippen LogP contribution in [0.25, 0.3) is 0 Å². The highest BCUT2D eigenvalue weighted by molar-refractivity contribution is 7.12. The van der Waals surface area contributed by atoms with Crippen molar-refractivity contribution in [3.63, 3.8) is 0 Å². The SMILES string of the molecule is Cc1cc(CNC(=O)c2ccc(C(=O)O)c(C)n2)sc1C.